The van der Waals surface area contributed by atoms with Crippen molar-refractivity contribution in [2.24, 2.45) is 5.41 Å². The van der Waals surface area contributed by atoms with E-state index in [0.29, 0.717) is 19.7 Å². The molecular weight excluding hydrogens is 889 g/mol. The zero-order valence-electron chi connectivity index (χ0n) is 35.5. The maximum absolute atomic E-state index is 12.5. The van der Waals surface area contributed by atoms with E-state index in [4.69, 9.17) is 0 Å². The molecule has 0 atom stereocenters. The van der Waals surface area contributed by atoms with Crippen molar-refractivity contribution in [2.75, 3.05) is 0 Å². The molecule has 5 aromatic rings. The number of hydrogen-bond donors (Lipinski definition) is 0. The van der Waals surface area contributed by atoms with Crippen LogP contribution in [0.15, 0.2) is 109 Å². The molecule has 0 aromatic heterocycles. The Morgan fingerprint density at radius 2 is 1.00 bits per heavy atom. The van der Waals surface area contributed by atoms with E-state index in [-0.39, 0.29) is 35.6 Å². The molecule has 0 fully saturated rings. The summed E-state index contributed by atoms with van der Waals surface area (Å²) in [5, 5.41) is 5.61. The fourth-order valence-electron chi connectivity index (χ4n) is 7.87. The van der Waals surface area contributed by atoms with E-state index in [0.717, 1.165) is 67.8 Å². The van der Waals surface area contributed by atoms with Crippen molar-refractivity contribution in [2.45, 2.75) is 105 Å². The van der Waals surface area contributed by atoms with Crippen molar-refractivity contribution in [3.05, 3.63) is 159 Å². The van der Waals surface area contributed by atoms with Gasteiger partial charge in [-0.05, 0) is 59.8 Å². The van der Waals surface area contributed by atoms with Crippen molar-refractivity contribution in [1.29, 1.82) is 0 Å². The molecule has 0 nitrogen and oxygen atoms in total. The van der Waals surface area contributed by atoms with Crippen LogP contribution in [0.4, 0.5) is 26.3 Å². The van der Waals surface area contributed by atoms with Gasteiger partial charge in [0, 0.05) is 0 Å². The zero-order chi connectivity index (χ0) is 42.6. The van der Waals surface area contributed by atoms with Crippen LogP contribution < -0.4 is 24.8 Å². The summed E-state index contributed by atoms with van der Waals surface area (Å²) in [6.45, 7) is 20.7. The minimum absolute atomic E-state index is 0. The third-order valence-electron chi connectivity index (χ3n) is 11.7. The van der Waals surface area contributed by atoms with Crippen LogP contribution in [-0.4, -0.2) is 3.21 Å². The van der Waals surface area contributed by atoms with Crippen LogP contribution in [0.25, 0.3) is 32.7 Å². The third kappa shape index (κ3) is 10.6. The maximum atomic E-state index is 12.5. The number of benzene rings is 4. The van der Waals surface area contributed by atoms with Gasteiger partial charge >= 0.3 is 137 Å². The maximum Gasteiger partial charge on any atom is -1.00 e. The number of allylic oxidation sites excluding steroid dienone is 8. The first-order valence-corrected chi connectivity index (χ1v) is 20.9. The van der Waals surface area contributed by atoms with Gasteiger partial charge in [-0.3, -0.25) is 6.08 Å². The average Bonchev–Trinajstić information content (AvgIpc) is 3.83. The fourth-order valence-corrected chi connectivity index (χ4v) is 8.69. The van der Waals surface area contributed by atoms with Gasteiger partial charge in [-0.25, -0.2) is 6.08 Å². The molecular formula is C51H50Cl2F6Zr-2. The van der Waals surface area contributed by atoms with Gasteiger partial charge in [-0.2, -0.15) is 11.6 Å². The van der Waals surface area contributed by atoms with Gasteiger partial charge in [-0.15, -0.1) is 46.2 Å². The van der Waals surface area contributed by atoms with E-state index in [1.807, 2.05) is 0 Å². The molecule has 0 bridgehead atoms. The molecule has 0 saturated heterocycles. The number of fused-ring (bicyclic) bond motifs is 5. The van der Waals surface area contributed by atoms with Gasteiger partial charge in [0.1, 0.15) is 0 Å². The summed E-state index contributed by atoms with van der Waals surface area (Å²) >= 11 is 0.898. The van der Waals surface area contributed by atoms with Gasteiger partial charge in [0.25, 0.3) is 0 Å². The molecule has 0 N–H and O–H groups in total. The smallest absolute Gasteiger partial charge is 1.00 e. The predicted molar refractivity (Wildman–Crippen MR) is 226 cm³/mol. The number of rotatable bonds is 2. The Labute approximate surface area is 378 Å². The van der Waals surface area contributed by atoms with Gasteiger partial charge < -0.3 is 24.8 Å². The third-order valence-corrected chi connectivity index (χ3v) is 13.1. The minimum Gasteiger partial charge on any atom is -1.00 e. The summed E-state index contributed by atoms with van der Waals surface area (Å²) < 4.78 is 75.6. The summed E-state index contributed by atoms with van der Waals surface area (Å²) in [6.07, 6.45) is 6.77. The average molecular weight is 939 g/mol. The van der Waals surface area contributed by atoms with Crippen molar-refractivity contribution in [1.82, 2.24) is 0 Å². The van der Waals surface area contributed by atoms with Crippen LogP contribution in [-0.2, 0) is 47.4 Å². The quantitative estimate of drug-likeness (QED) is 0.122. The van der Waals surface area contributed by atoms with E-state index in [1.54, 1.807) is 0 Å². The minimum atomic E-state index is -4.41. The van der Waals surface area contributed by atoms with Gasteiger partial charge in [0.15, 0.2) is 0 Å². The van der Waals surface area contributed by atoms with Crippen molar-refractivity contribution < 1.29 is 75.4 Å². The van der Waals surface area contributed by atoms with E-state index in [2.05, 4.69) is 123 Å². The number of alkyl halides is 6. The Kier molecular flexibility index (Phi) is 14.9. The van der Waals surface area contributed by atoms with Crippen LogP contribution in [0.3, 0.4) is 0 Å². The first kappa shape index (κ1) is 49.3. The van der Waals surface area contributed by atoms with Crippen LogP contribution in [0.1, 0.15) is 126 Å². The molecule has 8 rings (SSSR count). The Balaban J connectivity index is 0.000000217. The SMILES string of the molecule is CC(C)(C)C1=CC[C-]=C1.CC1=CCC(C)(C)c2cc3[cH-]c4cc5c(cc4c3cc21)C(C)=CCC5(C)C.FC(F)(F)c1ccc([C](=[Zr+2])c2ccc(C(F)(F)F)cc2)cc1.[Cl-].[Cl-]. The second-order valence-corrected chi connectivity index (χ2v) is 19.3. The number of hydrogen-bond acceptors (Lipinski definition) is 0. The molecule has 0 unspecified atom stereocenters. The first-order valence-electron chi connectivity index (χ1n) is 19.6. The summed E-state index contributed by atoms with van der Waals surface area (Å²) in [6, 6.07) is 21.4. The normalized spacial score (nSPS) is 16.4. The molecule has 0 aliphatic heterocycles. The van der Waals surface area contributed by atoms with Crippen molar-refractivity contribution in [3.63, 3.8) is 0 Å². The molecule has 9 heteroatoms. The van der Waals surface area contributed by atoms with Crippen LogP contribution in [0.5, 0.6) is 0 Å². The van der Waals surface area contributed by atoms with E-state index in [1.165, 1.54) is 84.8 Å². The predicted octanol–water partition coefficient (Wildman–Crippen LogP) is 9.45. The monoisotopic (exact) mass is 936 g/mol. The largest absolute Gasteiger partial charge is 1.00 e. The summed E-state index contributed by atoms with van der Waals surface area (Å²) in [4.78, 5) is 0. The van der Waals surface area contributed by atoms with Crippen LogP contribution in [0, 0.1) is 11.5 Å². The molecule has 5 aromatic carbocycles. The molecule has 60 heavy (non-hydrogen) atoms. The zero-order valence-corrected chi connectivity index (χ0v) is 39.4. The second kappa shape index (κ2) is 18.2. The van der Waals surface area contributed by atoms with Crippen LogP contribution in [0.2, 0.25) is 0 Å². The van der Waals surface area contributed by atoms with Crippen molar-refractivity contribution >= 4 is 35.9 Å². The Morgan fingerprint density at radius 1 is 0.617 bits per heavy atom. The Hall–Kier alpha value is -3.38. The molecule has 0 radical (unpaired) electrons. The number of halogens is 8. The Bertz CT molecular complexity index is 2340. The molecule has 0 heterocycles. The van der Waals surface area contributed by atoms with E-state index < -0.39 is 23.5 Å². The molecule has 0 saturated carbocycles. The first-order chi connectivity index (χ1) is 26.9. The molecule has 3 aliphatic carbocycles. The Morgan fingerprint density at radius 3 is 1.30 bits per heavy atom. The summed E-state index contributed by atoms with van der Waals surface area (Å²) in [5.74, 6) is 0. The molecule has 0 spiro atoms. The van der Waals surface area contributed by atoms with Crippen LogP contribution >= 0.6 is 0 Å². The fraction of sp³-hybridized carbons (Fsp3) is 0.333. The van der Waals surface area contributed by atoms with Gasteiger partial charge in [0.2, 0.25) is 0 Å². The van der Waals surface area contributed by atoms with E-state index in [9.17, 15) is 26.3 Å². The molecule has 3 aliphatic rings. The standard InChI is InChI=1S/C27H29.C15H8F6.C9H13.2ClH.Zr/c1-16-7-9-26(3,4)24-12-18-11-19-13-25-21(17(2)8-10-27(25,5)6)15-23(19)22(18)14-20(16)24;16-14(17,18)12-5-1-10(2-6-12)9-11-3-7-13(8-4-11)15(19,20)21;1-9(2,3)8-6-4-5-7-8;;;/h7-8,11-15H,9-10H2,1-6H3;1-8H;6-7H,4H2,1-3H3;2*1H;/q-1;;-1;;;+2/p-2. The summed E-state index contributed by atoms with van der Waals surface area (Å²) in [7, 11) is 0. The molecule has 316 valence electrons. The topological polar surface area (TPSA) is 0 Å². The summed E-state index contributed by atoms with van der Waals surface area (Å²) in [5.41, 5.74) is 10.5. The van der Waals surface area contributed by atoms with E-state index >= 15 is 0 Å². The second-order valence-electron chi connectivity index (χ2n) is 18.1. The molecule has 0 amide bonds. The van der Waals surface area contributed by atoms with Gasteiger partial charge in [-0.1, -0.05) is 89.3 Å². The van der Waals surface area contributed by atoms with Crippen molar-refractivity contribution in [3.8, 4) is 0 Å². The van der Waals surface area contributed by atoms with Gasteiger partial charge in [0.05, 0.1) is 0 Å².